The topological polar surface area (TPSA) is 53.7 Å². The molecule has 2 heterocycles. The van der Waals surface area contributed by atoms with Crippen molar-refractivity contribution >= 4 is 28.8 Å². The Balaban J connectivity index is 1.91. The van der Waals surface area contributed by atoms with Gasteiger partial charge in [-0.2, -0.15) is 0 Å². The Hall–Kier alpha value is -2.53. The highest BCUT2D eigenvalue weighted by Crippen LogP contribution is 2.21. The summed E-state index contributed by atoms with van der Waals surface area (Å²) in [5.74, 6) is -1.54. The quantitative estimate of drug-likeness (QED) is 0.763. The van der Waals surface area contributed by atoms with E-state index in [1.54, 1.807) is 28.8 Å². The Kier molecular flexibility index (Phi) is 3.73. The predicted octanol–water partition coefficient (Wildman–Crippen LogP) is 4.04. The van der Waals surface area contributed by atoms with E-state index in [1.165, 1.54) is 12.1 Å². The summed E-state index contributed by atoms with van der Waals surface area (Å²) < 4.78 is 15.0. The van der Waals surface area contributed by atoms with Crippen LogP contribution in [0.1, 0.15) is 16.1 Å². The Morgan fingerprint density at radius 2 is 2.09 bits per heavy atom. The van der Waals surface area contributed by atoms with Gasteiger partial charge in [0.1, 0.15) is 5.82 Å². The summed E-state index contributed by atoms with van der Waals surface area (Å²) in [5, 5.41) is 12.5. The zero-order chi connectivity index (χ0) is 15.7. The van der Waals surface area contributed by atoms with Crippen LogP contribution in [-0.2, 0) is 6.54 Å². The van der Waals surface area contributed by atoms with Gasteiger partial charge < -0.3 is 14.8 Å². The molecule has 0 radical (unpaired) electrons. The minimum Gasteiger partial charge on any atom is -0.476 e. The first kappa shape index (κ1) is 14.4. The number of fused-ring (bicyclic) bond motifs is 1. The van der Waals surface area contributed by atoms with Crippen LogP contribution in [0.15, 0.2) is 48.7 Å². The lowest BCUT2D eigenvalue weighted by atomic mass is 10.2. The van der Waals surface area contributed by atoms with Gasteiger partial charge in [-0.3, -0.25) is 0 Å². The highest BCUT2D eigenvalue weighted by Gasteiger charge is 2.14. The number of pyridine rings is 1. The second kappa shape index (κ2) is 5.69. The Bertz CT molecular complexity index is 860. The van der Waals surface area contributed by atoms with Gasteiger partial charge in [-0.05, 0) is 42.0 Å². The Labute approximate surface area is 130 Å². The van der Waals surface area contributed by atoms with Gasteiger partial charge in [-0.15, -0.1) is 0 Å². The normalized spacial score (nSPS) is 10.8. The summed E-state index contributed by atoms with van der Waals surface area (Å²) in [5.41, 5.74) is 2.06. The standard InChI is InChI=1S/C16H12ClFN2O2/c17-12-5-3-10(8-13(12)18)9-19-14-6-4-11-2-1-7-20(11)15(14)16(21)22/h1-8,19H,9H2,(H,21,22). The first-order valence-electron chi connectivity index (χ1n) is 6.57. The van der Waals surface area contributed by atoms with E-state index in [9.17, 15) is 14.3 Å². The van der Waals surface area contributed by atoms with E-state index < -0.39 is 11.8 Å². The summed E-state index contributed by atoms with van der Waals surface area (Å²) in [6.45, 7) is 0.293. The maximum atomic E-state index is 13.4. The second-order valence-electron chi connectivity index (χ2n) is 4.81. The maximum absolute atomic E-state index is 13.4. The highest BCUT2D eigenvalue weighted by molar-refractivity contribution is 6.30. The van der Waals surface area contributed by atoms with Crippen molar-refractivity contribution in [1.82, 2.24) is 4.40 Å². The third kappa shape index (κ3) is 2.63. The molecular formula is C16H12ClFN2O2. The van der Waals surface area contributed by atoms with Crippen molar-refractivity contribution in [2.45, 2.75) is 6.54 Å². The van der Waals surface area contributed by atoms with E-state index in [0.717, 1.165) is 5.52 Å². The number of nitrogens with zero attached hydrogens (tertiary/aromatic N) is 1. The number of anilines is 1. The minimum absolute atomic E-state index is 0.0590. The molecule has 2 N–H and O–H groups in total. The summed E-state index contributed by atoms with van der Waals surface area (Å²) in [4.78, 5) is 11.5. The smallest absolute Gasteiger partial charge is 0.355 e. The molecular weight excluding hydrogens is 307 g/mol. The maximum Gasteiger partial charge on any atom is 0.355 e. The van der Waals surface area contributed by atoms with Crippen molar-refractivity contribution in [2.75, 3.05) is 5.32 Å². The fourth-order valence-electron chi connectivity index (χ4n) is 2.32. The average Bonchev–Trinajstić information content (AvgIpc) is 2.95. The monoisotopic (exact) mass is 318 g/mol. The van der Waals surface area contributed by atoms with Gasteiger partial charge in [0.15, 0.2) is 5.69 Å². The first-order chi connectivity index (χ1) is 10.6. The van der Waals surface area contributed by atoms with Crippen LogP contribution in [-0.4, -0.2) is 15.5 Å². The van der Waals surface area contributed by atoms with E-state index >= 15 is 0 Å². The molecule has 0 aliphatic rings. The number of hydrogen-bond donors (Lipinski definition) is 2. The molecule has 0 aliphatic heterocycles. The molecule has 1 aromatic carbocycles. The molecule has 3 aromatic rings. The van der Waals surface area contributed by atoms with Crippen LogP contribution in [0.3, 0.4) is 0 Å². The molecule has 4 nitrogen and oxygen atoms in total. The SMILES string of the molecule is O=C(O)c1c(NCc2ccc(Cl)c(F)c2)ccc2cccn12. The van der Waals surface area contributed by atoms with Crippen LogP contribution in [0.4, 0.5) is 10.1 Å². The summed E-state index contributed by atoms with van der Waals surface area (Å²) in [6.07, 6.45) is 1.69. The molecule has 0 aliphatic carbocycles. The number of carboxylic acid groups (broad SMARTS) is 1. The zero-order valence-corrected chi connectivity index (χ0v) is 12.1. The number of hydrogen-bond acceptors (Lipinski definition) is 2. The number of nitrogens with one attached hydrogen (secondary N) is 1. The molecule has 0 bridgehead atoms. The Morgan fingerprint density at radius 3 is 2.82 bits per heavy atom. The number of aromatic nitrogens is 1. The Morgan fingerprint density at radius 1 is 1.27 bits per heavy atom. The molecule has 2 aromatic heterocycles. The number of rotatable bonds is 4. The molecule has 0 saturated carbocycles. The van der Waals surface area contributed by atoms with Gasteiger partial charge in [-0.1, -0.05) is 17.7 Å². The van der Waals surface area contributed by atoms with Crippen molar-refractivity contribution < 1.29 is 14.3 Å². The summed E-state index contributed by atoms with van der Waals surface area (Å²) >= 11 is 5.64. The minimum atomic E-state index is -1.04. The molecule has 0 saturated heterocycles. The molecule has 0 fully saturated rings. The summed E-state index contributed by atoms with van der Waals surface area (Å²) in [6, 6.07) is 11.6. The van der Waals surface area contributed by atoms with Gasteiger partial charge in [0.2, 0.25) is 0 Å². The fourth-order valence-corrected chi connectivity index (χ4v) is 2.44. The van der Waals surface area contributed by atoms with Gasteiger partial charge in [0.05, 0.1) is 10.7 Å². The van der Waals surface area contributed by atoms with E-state index in [0.29, 0.717) is 17.8 Å². The van der Waals surface area contributed by atoms with Crippen molar-refractivity contribution in [2.24, 2.45) is 0 Å². The molecule has 6 heteroatoms. The second-order valence-corrected chi connectivity index (χ2v) is 5.21. The van der Waals surface area contributed by atoms with Crippen molar-refractivity contribution in [3.63, 3.8) is 0 Å². The zero-order valence-electron chi connectivity index (χ0n) is 11.4. The van der Waals surface area contributed by atoms with Crippen LogP contribution < -0.4 is 5.32 Å². The molecule has 3 rings (SSSR count). The molecule has 112 valence electrons. The van der Waals surface area contributed by atoms with Crippen molar-refractivity contribution in [3.05, 3.63) is 70.8 Å². The third-order valence-electron chi connectivity index (χ3n) is 3.37. The van der Waals surface area contributed by atoms with Crippen molar-refractivity contribution in [1.29, 1.82) is 0 Å². The van der Waals surface area contributed by atoms with Gasteiger partial charge in [0.25, 0.3) is 0 Å². The van der Waals surface area contributed by atoms with Crippen LogP contribution in [0.2, 0.25) is 5.02 Å². The third-order valence-corrected chi connectivity index (χ3v) is 3.67. The van der Waals surface area contributed by atoms with Gasteiger partial charge in [0, 0.05) is 18.3 Å². The molecule has 22 heavy (non-hydrogen) atoms. The molecule has 0 unspecified atom stereocenters. The lowest BCUT2D eigenvalue weighted by Crippen LogP contribution is -2.11. The number of carboxylic acids is 1. The number of benzene rings is 1. The van der Waals surface area contributed by atoms with Crippen LogP contribution in [0.5, 0.6) is 0 Å². The van der Waals surface area contributed by atoms with Gasteiger partial charge in [-0.25, -0.2) is 9.18 Å². The lowest BCUT2D eigenvalue weighted by molar-refractivity contribution is 0.0690. The van der Waals surface area contributed by atoms with Crippen LogP contribution >= 0.6 is 11.6 Å². The van der Waals surface area contributed by atoms with E-state index in [4.69, 9.17) is 11.6 Å². The van der Waals surface area contributed by atoms with E-state index in [1.807, 2.05) is 12.1 Å². The van der Waals surface area contributed by atoms with Crippen molar-refractivity contribution in [3.8, 4) is 0 Å². The highest BCUT2D eigenvalue weighted by atomic mass is 35.5. The first-order valence-corrected chi connectivity index (χ1v) is 6.95. The molecule has 0 atom stereocenters. The number of carbonyl (C=O) groups is 1. The van der Waals surface area contributed by atoms with Crippen LogP contribution in [0, 0.1) is 5.82 Å². The lowest BCUT2D eigenvalue weighted by Gasteiger charge is -2.12. The molecule has 0 amide bonds. The number of halogens is 2. The fraction of sp³-hybridized carbons (Fsp3) is 0.0625. The number of aromatic carboxylic acids is 1. The van der Waals surface area contributed by atoms with Crippen LogP contribution in [0.25, 0.3) is 5.52 Å². The molecule has 0 spiro atoms. The predicted molar refractivity (Wildman–Crippen MR) is 83.1 cm³/mol. The van der Waals surface area contributed by atoms with Gasteiger partial charge >= 0.3 is 5.97 Å². The van der Waals surface area contributed by atoms with E-state index in [2.05, 4.69) is 5.32 Å². The summed E-state index contributed by atoms with van der Waals surface area (Å²) in [7, 11) is 0. The van der Waals surface area contributed by atoms with E-state index in [-0.39, 0.29) is 10.7 Å². The largest absolute Gasteiger partial charge is 0.476 e. The average molecular weight is 319 g/mol.